The first-order valence-corrected chi connectivity index (χ1v) is 5.82. The Bertz CT molecular complexity index is 380. The number of hydrogen-bond acceptors (Lipinski definition) is 4. The fourth-order valence-corrected chi connectivity index (χ4v) is 1.68. The molecule has 5 heteroatoms. The molecule has 1 rings (SSSR count). The van der Waals surface area contributed by atoms with E-state index >= 15 is 0 Å². The van der Waals surface area contributed by atoms with Crippen molar-refractivity contribution in [3.63, 3.8) is 0 Å². The molecule has 1 aromatic carbocycles. The normalized spacial score (nSPS) is 11.3. The fraction of sp³-hybridized carbons (Fsp3) is 0.333. The molecule has 14 heavy (non-hydrogen) atoms. The minimum absolute atomic E-state index is 0.100. The molecular weight excluding hydrogens is 204 g/mol. The molecular formula is C9H12O4S. The zero-order valence-electron chi connectivity index (χ0n) is 7.80. The molecule has 0 amide bonds. The van der Waals surface area contributed by atoms with E-state index in [1.54, 1.807) is 12.1 Å². The molecule has 0 radical (unpaired) electrons. The smallest absolute Gasteiger partial charge is 0.202 e. The van der Waals surface area contributed by atoms with Crippen molar-refractivity contribution in [1.82, 2.24) is 0 Å². The van der Waals surface area contributed by atoms with Crippen molar-refractivity contribution in [3.8, 4) is 5.75 Å². The minimum Gasteiger partial charge on any atom is -0.494 e. The number of ether oxygens (including phenoxy) is 1. The van der Waals surface area contributed by atoms with E-state index < -0.39 is 15.8 Å². The Morgan fingerprint density at radius 3 is 2.29 bits per heavy atom. The second-order valence-electron chi connectivity index (χ2n) is 2.65. The molecule has 0 fully saturated rings. The molecule has 0 heterocycles. The van der Waals surface area contributed by atoms with Gasteiger partial charge < -0.3 is 9.84 Å². The van der Waals surface area contributed by atoms with Crippen molar-refractivity contribution in [3.05, 3.63) is 24.3 Å². The Hall–Kier alpha value is -1.07. The fourth-order valence-electron chi connectivity index (χ4n) is 0.984. The average Bonchev–Trinajstić information content (AvgIpc) is 2.19. The molecule has 0 aliphatic rings. The molecule has 1 N–H and O–H groups in total. The van der Waals surface area contributed by atoms with Gasteiger partial charge in [-0.3, -0.25) is 0 Å². The van der Waals surface area contributed by atoms with Crippen molar-refractivity contribution in [2.75, 3.05) is 12.5 Å². The van der Waals surface area contributed by atoms with E-state index in [1.807, 2.05) is 6.92 Å². The summed E-state index contributed by atoms with van der Waals surface area (Å²) in [6, 6.07) is 5.95. The molecule has 0 spiro atoms. The SMILES string of the molecule is CCOc1ccc(S(=O)(=O)CO)cc1. The summed E-state index contributed by atoms with van der Waals surface area (Å²) in [5.74, 6) is -0.259. The minimum atomic E-state index is -3.53. The summed E-state index contributed by atoms with van der Waals surface area (Å²) in [6.07, 6.45) is 0. The number of aliphatic hydroxyl groups excluding tert-OH is 1. The second kappa shape index (κ2) is 4.43. The predicted octanol–water partition coefficient (Wildman–Crippen LogP) is 0.809. The highest BCUT2D eigenvalue weighted by Crippen LogP contribution is 2.16. The molecule has 4 nitrogen and oxygen atoms in total. The van der Waals surface area contributed by atoms with Gasteiger partial charge in [-0.2, -0.15) is 0 Å². The molecule has 1 aromatic rings. The van der Waals surface area contributed by atoms with Crippen LogP contribution in [0.2, 0.25) is 0 Å². The van der Waals surface area contributed by atoms with Crippen molar-refractivity contribution in [1.29, 1.82) is 0 Å². The van der Waals surface area contributed by atoms with Crippen LogP contribution in [-0.4, -0.2) is 26.1 Å². The first kappa shape index (κ1) is 11.0. The number of rotatable bonds is 4. The van der Waals surface area contributed by atoms with Crippen LogP contribution in [0.4, 0.5) is 0 Å². The van der Waals surface area contributed by atoms with Gasteiger partial charge in [0.1, 0.15) is 11.7 Å². The summed E-state index contributed by atoms with van der Waals surface area (Å²) < 4.78 is 27.5. The largest absolute Gasteiger partial charge is 0.494 e. The van der Waals surface area contributed by atoms with E-state index in [9.17, 15) is 8.42 Å². The Balaban J connectivity index is 2.94. The van der Waals surface area contributed by atoms with Crippen LogP contribution in [0.3, 0.4) is 0 Å². The monoisotopic (exact) mass is 216 g/mol. The van der Waals surface area contributed by atoms with Gasteiger partial charge in [-0.25, -0.2) is 8.42 Å². The summed E-state index contributed by atoms with van der Waals surface area (Å²) in [5, 5.41) is 8.60. The topological polar surface area (TPSA) is 63.6 Å². The van der Waals surface area contributed by atoms with Gasteiger partial charge in [-0.1, -0.05) is 0 Å². The van der Waals surface area contributed by atoms with Crippen LogP contribution < -0.4 is 4.74 Å². The Labute approximate surface area is 83.1 Å². The standard InChI is InChI=1S/C9H12O4S/c1-2-13-8-3-5-9(6-4-8)14(11,12)7-10/h3-6,10H,2,7H2,1H3. The van der Waals surface area contributed by atoms with Gasteiger partial charge in [0.05, 0.1) is 11.5 Å². The van der Waals surface area contributed by atoms with Crippen molar-refractivity contribution in [2.45, 2.75) is 11.8 Å². The van der Waals surface area contributed by atoms with Crippen molar-refractivity contribution in [2.24, 2.45) is 0 Å². The van der Waals surface area contributed by atoms with Crippen LogP contribution in [-0.2, 0) is 9.84 Å². The maximum Gasteiger partial charge on any atom is 0.202 e. The molecule has 0 atom stereocenters. The molecule has 0 aromatic heterocycles. The molecule has 0 aliphatic carbocycles. The van der Waals surface area contributed by atoms with Crippen LogP contribution in [0.25, 0.3) is 0 Å². The third-order valence-electron chi connectivity index (χ3n) is 1.66. The first-order chi connectivity index (χ1) is 6.60. The maximum absolute atomic E-state index is 11.2. The van der Waals surface area contributed by atoms with E-state index in [0.717, 1.165) is 0 Å². The second-order valence-corrected chi connectivity index (χ2v) is 4.61. The lowest BCUT2D eigenvalue weighted by molar-refractivity contribution is 0.340. The van der Waals surface area contributed by atoms with E-state index in [2.05, 4.69) is 0 Å². The molecule has 0 bridgehead atoms. The predicted molar refractivity (Wildman–Crippen MR) is 51.9 cm³/mol. The zero-order valence-corrected chi connectivity index (χ0v) is 8.62. The van der Waals surface area contributed by atoms with Gasteiger partial charge in [-0.15, -0.1) is 0 Å². The van der Waals surface area contributed by atoms with E-state index in [1.165, 1.54) is 12.1 Å². The highest BCUT2D eigenvalue weighted by Gasteiger charge is 2.11. The van der Waals surface area contributed by atoms with E-state index in [4.69, 9.17) is 9.84 Å². The van der Waals surface area contributed by atoms with Crippen LogP contribution >= 0.6 is 0 Å². The van der Waals surface area contributed by atoms with Crippen LogP contribution in [0.5, 0.6) is 5.75 Å². The highest BCUT2D eigenvalue weighted by molar-refractivity contribution is 7.91. The van der Waals surface area contributed by atoms with E-state index in [0.29, 0.717) is 12.4 Å². The third-order valence-corrected chi connectivity index (χ3v) is 2.99. The molecule has 0 unspecified atom stereocenters. The van der Waals surface area contributed by atoms with Gasteiger partial charge in [0.25, 0.3) is 0 Å². The number of aliphatic hydroxyl groups is 1. The molecule has 0 aliphatic heterocycles. The third kappa shape index (κ3) is 2.46. The maximum atomic E-state index is 11.2. The van der Waals surface area contributed by atoms with E-state index in [-0.39, 0.29) is 4.90 Å². The van der Waals surface area contributed by atoms with Gasteiger partial charge in [0, 0.05) is 0 Å². The highest BCUT2D eigenvalue weighted by atomic mass is 32.2. The summed E-state index contributed by atoms with van der Waals surface area (Å²) in [6.45, 7) is 2.38. The van der Waals surface area contributed by atoms with Gasteiger partial charge in [0.2, 0.25) is 9.84 Å². The van der Waals surface area contributed by atoms with Crippen LogP contribution in [0.15, 0.2) is 29.2 Å². The number of hydrogen-bond donors (Lipinski definition) is 1. The molecule has 78 valence electrons. The van der Waals surface area contributed by atoms with Gasteiger partial charge in [0.15, 0.2) is 0 Å². The molecule has 0 saturated heterocycles. The Kier molecular flexibility index (Phi) is 3.49. The van der Waals surface area contributed by atoms with Crippen LogP contribution in [0, 0.1) is 0 Å². The summed E-state index contributed by atoms with van der Waals surface area (Å²) in [5.41, 5.74) is 0. The molecule has 0 saturated carbocycles. The average molecular weight is 216 g/mol. The lowest BCUT2D eigenvalue weighted by Gasteiger charge is -2.04. The number of sulfone groups is 1. The van der Waals surface area contributed by atoms with Gasteiger partial charge in [-0.05, 0) is 31.2 Å². The number of benzene rings is 1. The van der Waals surface area contributed by atoms with Crippen molar-refractivity contribution < 1.29 is 18.3 Å². The summed E-state index contributed by atoms with van der Waals surface area (Å²) >= 11 is 0. The zero-order chi connectivity index (χ0) is 10.6. The van der Waals surface area contributed by atoms with Gasteiger partial charge >= 0.3 is 0 Å². The van der Waals surface area contributed by atoms with Crippen LogP contribution in [0.1, 0.15) is 6.92 Å². The van der Waals surface area contributed by atoms with Crippen molar-refractivity contribution >= 4 is 9.84 Å². The summed E-state index contributed by atoms with van der Waals surface area (Å²) in [7, 11) is -3.53. The Morgan fingerprint density at radius 2 is 1.86 bits per heavy atom. The lowest BCUT2D eigenvalue weighted by atomic mass is 10.3. The lowest BCUT2D eigenvalue weighted by Crippen LogP contribution is -2.05. The Morgan fingerprint density at radius 1 is 1.29 bits per heavy atom. The first-order valence-electron chi connectivity index (χ1n) is 4.16. The summed E-state index contributed by atoms with van der Waals surface area (Å²) in [4.78, 5) is 0.100. The quantitative estimate of drug-likeness (QED) is 0.809.